The van der Waals surface area contributed by atoms with Crippen molar-refractivity contribution >= 4 is 38.4 Å². The molecule has 3 aromatic heterocycles. The minimum Gasteiger partial charge on any atom is -0.368 e. The summed E-state index contributed by atoms with van der Waals surface area (Å²) in [6.07, 6.45) is 3.58. The Balaban J connectivity index is 2.09. The van der Waals surface area contributed by atoms with Crippen molar-refractivity contribution in [1.29, 1.82) is 0 Å². The summed E-state index contributed by atoms with van der Waals surface area (Å²) in [5.41, 5.74) is 8.28. The molecule has 0 aliphatic carbocycles. The highest BCUT2D eigenvalue weighted by Gasteiger charge is 2.14. The number of nitrogens with two attached hydrogens (primary N) is 1. The fourth-order valence-corrected chi connectivity index (χ4v) is 2.73. The maximum atomic E-state index is 6.00. The second-order valence-electron chi connectivity index (χ2n) is 4.68. The second kappa shape index (κ2) is 4.26. The number of nitrogen functional groups attached to an aromatic ring is 1. The molecule has 0 saturated heterocycles. The van der Waals surface area contributed by atoms with E-state index in [0.717, 1.165) is 20.9 Å². The van der Waals surface area contributed by atoms with Crippen molar-refractivity contribution < 1.29 is 0 Å². The van der Waals surface area contributed by atoms with Crippen molar-refractivity contribution in [2.45, 2.75) is 0 Å². The number of para-hydroxylation sites is 1. The summed E-state index contributed by atoms with van der Waals surface area (Å²) in [4.78, 5) is 8.97. The molecule has 0 unspecified atom stereocenters. The average Bonchev–Trinajstić information content (AvgIpc) is 3.07. The maximum absolute atomic E-state index is 6.00. The summed E-state index contributed by atoms with van der Waals surface area (Å²) in [5, 5.41) is 9.45. The SMILES string of the molecule is Cn1cc(-c2nc3c4cccc(Br)c4nc(N)n3n2)cn1. The predicted molar refractivity (Wildman–Crippen MR) is 82.6 cm³/mol. The Morgan fingerprint density at radius 2 is 2.10 bits per heavy atom. The summed E-state index contributed by atoms with van der Waals surface area (Å²) in [7, 11) is 1.85. The van der Waals surface area contributed by atoms with E-state index in [0.29, 0.717) is 17.4 Å². The molecule has 8 heteroatoms. The predicted octanol–water partition coefficient (Wildman–Crippen LogP) is 2.02. The molecule has 0 amide bonds. The van der Waals surface area contributed by atoms with Crippen LogP contribution in [0.2, 0.25) is 0 Å². The van der Waals surface area contributed by atoms with E-state index in [1.54, 1.807) is 15.4 Å². The summed E-state index contributed by atoms with van der Waals surface area (Å²) < 4.78 is 4.13. The highest BCUT2D eigenvalue weighted by molar-refractivity contribution is 9.10. The molecule has 0 fully saturated rings. The topological polar surface area (TPSA) is 86.9 Å². The van der Waals surface area contributed by atoms with Crippen molar-refractivity contribution in [2.24, 2.45) is 7.05 Å². The van der Waals surface area contributed by atoms with E-state index >= 15 is 0 Å². The van der Waals surface area contributed by atoms with Gasteiger partial charge >= 0.3 is 0 Å². The molecule has 0 aliphatic rings. The molecule has 0 aliphatic heterocycles. The van der Waals surface area contributed by atoms with Crippen LogP contribution in [0.1, 0.15) is 0 Å². The molecule has 0 radical (unpaired) electrons. The van der Waals surface area contributed by atoms with Crippen molar-refractivity contribution in [3.05, 3.63) is 35.1 Å². The summed E-state index contributed by atoms with van der Waals surface area (Å²) in [6.45, 7) is 0. The highest BCUT2D eigenvalue weighted by atomic mass is 79.9. The fourth-order valence-electron chi connectivity index (χ4n) is 2.28. The van der Waals surface area contributed by atoms with Gasteiger partial charge in [0.1, 0.15) is 0 Å². The quantitative estimate of drug-likeness (QED) is 0.571. The number of nitrogens with zero attached hydrogens (tertiary/aromatic N) is 6. The summed E-state index contributed by atoms with van der Waals surface area (Å²) >= 11 is 3.48. The maximum Gasteiger partial charge on any atom is 0.223 e. The van der Waals surface area contributed by atoms with E-state index in [4.69, 9.17) is 5.73 Å². The third-order valence-corrected chi connectivity index (χ3v) is 3.88. The van der Waals surface area contributed by atoms with Crippen LogP contribution in [-0.2, 0) is 7.05 Å². The van der Waals surface area contributed by atoms with Crippen LogP contribution in [0, 0.1) is 0 Å². The first-order chi connectivity index (χ1) is 10.1. The van der Waals surface area contributed by atoms with Crippen molar-refractivity contribution in [2.75, 3.05) is 5.73 Å². The molecular formula is C13H10BrN7. The molecule has 4 aromatic rings. The van der Waals surface area contributed by atoms with Crippen LogP contribution in [0.5, 0.6) is 0 Å². The molecule has 0 spiro atoms. The Bertz CT molecular complexity index is 985. The molecule has 0 atom stereocenters. The van der Waals surface area contributed by atoms with Crippen molar-refractivity contribution in [1.82, 2.24) is 29.4 Å². The number of rotatable bonds is 1. The Kier molecular flexibility index (Phi) is 2.49. The first-order valence-corrected chi connectivity index (χ1v) is 7.02. The lowest BCUT2D eigenvalue weighted by Gasteiger charge is -2.03. The Hall–Kier alpha value is -2.48. The molecule has 2 N–H and O–H groups in total. The largest absolute Gasteiger partial charge is 0.368 e. The van der Waals surface area contributed by atoms with E-state index in [1.807, 2.05) is 31.4 Å². The Labute approximate surface area is 127 Å². The van der Waals surface area contributed by atoms with Crippen molar-refractivity contribution in [3.8, 4) is 11.4 Å². The van der Waals surface area contributed by atoms with Gasteiger partial charge in [-0.15, -0.1) is 5.10 Å². The number of fused-ring (bicyclic) bond motifs is 3. The van der Waals surface area contributed by atoms with Gasteiger partial charge in [-0.2, -0.15) is 9.61 Å². The van der Waals surface area contributed by atoms with Crippen LogP contribution >= 0.6 is 15.9 Å². The Morgan fingerprint density at radius 3 is 2.86 bits per heavy atom. The van der Waals surface area contributed by atoms with Crippen molar-refractivity contribution in [3.63, 3.8) is 0 Å². The number of halogens is 1. The lowest BCUT2D eigenvalue weighted by Crippen LogP contribution is -2.02. The van der Waals surface area contributed by atoms with E-state index in [-0.39, 0.29) is 0 Å². The monoisotopic (exact) mass is 343 g/mol. The molecule has 3 heterocycles. The third-order valence-electron chi connectivity index (χ3n) is 3.24. The molecule has 104 valence electrons. The number of hydrogen-bond acceptors (Lipinski definition) is 5. The van der Waals surface area contributed by atoms with Gasteiger partial charge in [-0.3, -0.25) is 4.68 Å². The van der Waals surface area contributed by atoms with Crippen LogP contribution in [0.15, 0.2) is 35.1 Å². The minimum atomic E-state index is 0.298. The van der Waals surface area contributed by atoms with Crippen LogP contribution in [-0.4, -0.2) is 29.4 Å². The van der Waals surface area contributed by atoms with Gasteiger partial charge in [0.15, 0.2) is 11.5 Å². The number of anilines is 1. The third kappa shape index (κ3) is 1.79. The molecule has 0 saturated carbocycles. The summed E-state index contributed by atoms with van der Waals surface area (Å²) in [5.74, 6) is 0.871. The van der Waals surface area contributed by atoms with E-state index < -0.39 is 0 Å². The normalized spacial score (nSPS) is 11.5. The highest BCUT2D eigenvalue weighted by Crippen LogP contribution is 2.27. The van der Waals surface area contributed by atoms with E-state index in [1.165, 1.54) is 0 Å². The summed E-state index contributed by atoms with van der Waals surface area (Å²) in [6, 6.07) is 5.80. The smallest absolute Gasteiger partial charge is 0.223 e. The molecule has 1 aromatic carbocycles. The molecule has 4 rings (SSSR count). The number of aryl methyl sites for hydroxylation is 1. The van der Waals surface area contributed by atoms with Gasteiger partial charge in [-0.05, 0) is 28.1 Å². The lowest BCUT2D eigenvalue weighted by molar-refractivity contribution is 0.768. The number of hydrogen-bond donors (Lipinski definition) is 1. The van der Waals surface area contributed by atoms with Gasteiger partial charge in [0.25, 0.3) is 0 Å². The fraction of sp³-hybridized carbons (Fsp3) is 0.0769. The van der Waals surface area contributed by atoms with Gasteiger partial charge < -0.3 is 5.73 Å². The molecule has 21 heavy (non-hydrogen) atoms. The second-order valence-corrected chi connectivity index (χ2v) is 5.53. The first-order valence-electron chi connectivity index (χ1n) is 6.23. The molecular weight excluding hydrogens is 334 g/mol. The zero-order valence-corrected chi connectivity index (χ0v) is 12.6. The minimum absolute atomic E-state index is 0.298. The van der Waals surface area contributed by atoms with Crippen LogP contribution in [0.25, 0.3) is 27.9 Å². The van der Waals surface area contributed by atoms with Gasteiger partial charge in [0.2, 0.25) is 5.95 Å². The van der Waals surface area contributed by atoms with E-state index in [9.17, 15) is 0 Å². The van der Waals surface area contributed by atoms with Crippen LogP contribution in [0.4, 0.5) is 5.95 Å². The lowest BCUT2D eigenvalue weighted by atomic mass is 10.2. The number of benzene rings is 1. The zero-order chi connectivity index (χ0) is 14.6. The van der Waals surface area contributed by atoms with Crippen LogP contribution < -0.4 is 5.73 Å². The average molecular weight is 344 g/mol. The molecule has 7 nitrogen and oxygen atoms in total. The van der Waals surface area contributed by atoms with Gasteiger partial charge in [0.05, 0.1) is 17.3 Å². The Morgan fingerprint density at radius 1 is 1.24 bits per heavy atom. The van der Waals surface area contributed by atoms with Crippen LogP contribution in [0.3, 0.4) is 0 Å². The standard InChI is InChI=1S/C13H10BrN7/c1-20-6-7(5-16-20)11-18-12-8-3-2-4-9(14)10(8)17-13(15)21(12)19-11/h2-6H,1H3,(H2,15,17). The van der Waals surface area contributed by atoms with Gasteiger partial charge in [0, 0.05) is 23.1 Å². The van der Waals surface area contributed by atoms with Gasteiger partial charge in [-0.25, -0.2) is 9.97 Å². The molecule has 0 bridgehead atoms. The first kappa shape index (κ1) is 12.3. The van der Waals surface area contributed by atoms with E-state index in [2.05, 4.69) is 36.1 Å². The zero-order valence-electron chi connectivity index (χ0n) is 11.0. The number of aromatic nitrogens is 6. The van der Waals surface area contributed by atoms with Gasteiger partial charge in [-0.1, -0.05) is 6.07 Å².